The van der Waals surface area contributed by atoms with E-state index in [0.29, 0.717) is 23.6 Å². The quantitative estimate of drug-likeness (QED) is 0.707. The van der Waals surface area contributed by atoms with E-state index >= 15 is 0 Å². The Morgan fingerprint density at radius 2 is 1.92 bits per heavy atom. The second kappa shape index (κ2) is 9.20. The lowest BCUT2D eigenvalue weighted by atomic mass is 9.87. The van der Waals surface area contributed by atoms with Gasteiger partial charge < -0.3 is 15.7 Å². The first-order valence-electron chi connectivity index (χ1n) is 8.85. The van der Waals surface area contributed by atoms with Crippen LogP contribution >= 0.6 is 0 Å². The topological polar surface area (TPSA) is 95.5 Å². The number of carboxylic acid groups (broad SMARTS) is 1. The van der Waals surface area contributed by atoms with Crippen LogP contribution in [0.15, 0.2) is 24.3 Å². The Hall–Kier alpha value is -2.37. The van der Waals surface area contributed by atoms with Crippen LogP contribution in [0.3, 0.4) is 0 Å². The largest absolute Gasteiger partial charge is 0.481 e. The van der Waals surface area contributed by atoms with Crippen LogP contribution < -0.4 is 10.6 Å². The monoisotopic (exact) mass is 346 g/mol. The number of amides is 2. The summed E-state index contributed by atoms with van der Waals surface area (Å²) in [4.78, 5) is 35.1. The predicted molar refractivity (Wildman–Crippen MR) is 95.2 cm³/mol. The fourth-order valence-electron chi connectivity index (χ4n) is 3.20. The summed E-state index contributed by atoms with van der Waals surface area (Å²) in [7, 11) is 0. The van der Waals surface area contributed by atoms with Crippen molar-refractivity contribution in [2.75, 3.05) is 5.32 Å². The molecular weight excluding hydrogens is 320 g/mol. The number of hydrogen-bond acceptors (Lipinski definition) is 3. The smallest absolute Gasteiger partial charge is 0.307 e. The number of hydrogen-bond donors (Lipinski definition) is 3. The van der Waals surface area contributed by atoms with E-state index in [-0.39, 0.29) is 18.2 Å². The molecule has 1 aliphatic rings. The first kappa shape index (κ1) is 19.0. The fraction of sp³-hybridized carbons (Fsp3) is 0.526. The van der Waals surface area contributed by atoms with Crippen molar-refractivity contribution in [1.82, 2.24) is 5.32 Å². The molecule has 0 aliphatic heterocycles. The molecule has 1 aromatic rings. The van der Waals surface area contributed by atoms with E-state index in [0.717, 1.165) is 12.8 Å². The summed E-state index contributed by atoms with van der Waals surface area (Å²) in [5.74, 6) is -0.901. The van der Waals surface area contributed by atoms with Crippen LogP contribution in [0.25, 0.3) is 0 Å². The lowest BCUT2D eigenvalue weighted by molar-refractivity contribution is -0.136. The summed E-state index contributed by atoms with van der Waals surface area (Å²) in [6, 6.07) is 6.07. The van der Waals surface area contributed by atoms with Gasteiger partial charge in [0.25, 0.3) is 0 Å². The summed E-state index contributed by atoms with van der Waals surface area (Å²) < 4.78 is 0. The Morgan fingerprint density at radius 3 is 2.60 bits per heavy atom. The molecule has 1 aromatic carbocycles. The zero-order valence-corrected chi connectivity index (χ0v) is 14.6. The molecule has 0 saturated heterocycles. The molecule has 2 rings (SSSR count). The van der Waals surface area contributed by atoms with E-state index in [1.807, 2.05) is 0 Å². The van der Waals surface area contributed by atoms with E-state index in [1.165, 1.54) is 19.3 Å². The lowest BCUT2D eigenvalue weighted by Gasteiger charge is -2.22. The molecule has 6 nitrogen and oxygen atoms in total. The van der Waals surface area contributed by atoms with Gasteiger partial charge in [-0.25, -0.2) is 0 Å². The van der Waals surface area contributed by atoms with Gasteiger partial charge in [-0.2, -0.15) is 0 Å². The number of carbonyl (C=O) groups is 3. The number of nitrogens with one attached hydrogen (secondary N) is 2. The molecule has 1 aliphatic carbocycles. The van der Waals surface area contributed by atoms with Crippen molar-refractivity contribution in [2.45, 2.75) is 57.9 Å². The molecule has 25 heavy (non-hydrogen) atoms. The number of carboxylic acids is 1. The molecule has 2 amide bonds. The van der Waals surface area contributed by atoms with Crippen LogP contribution in [-0.4, -0.2) is 28.9 Å². The Labute approximate surface area is 148 Å². The first-order chi connectivity index (χ1) is 11.9. The summed E-state index contributed by atoms with van der Waals surface area (Å²) in [6.45, 7) is 1.65. The highest BCUT2D eigenvalue weighted by Crippen LogP contribution is 2.26. The van der Waals surface area contributed by atoms with Crippen molar-refractivity contribution >= 4 is 23.5 Å². The summed E-state index contributed by atoms with van der Waals surface area (Å²) in [5, 5.41) is 14.3. The molecule has 136 valence electrons. The van der Waals surface area contributed by atoms with Crippen molar-refractivity contribution in [3.63, 3.8) is 0 Å². The minimum absolute atomic E-state index is 0.0887. The second-order valence-corrected chi connectivity index (χ2v) is 6.76. The van der Waals surface area contributed by atoms with E-state index in [1.54, 1.807) is 31.2 Å². The SMILES string of the molecule is CC(NC(=O)CC1CCCCC1)C(=O)Nc1cccc(CC(=O)O)c1. The molecule has 0 spiro atoms. The average Bonchev–Trinajstić information content (AvgIpc) is 2.55. The van der Waals surface area contributed by atoms with Gasteiger partial charge >= 0.3 is 5.97 Å². The second-order valence-electron chi connectivity index (χ2n) is 6.76. The zero-order chi connectivity index (χ0) is 18.2. The van der Waals surface area contributed by atoms with Crippen LogP contribution in [0.1, 0.15) is 51.0 Å². The highest BCUT2D eigenvalue weighted by molar-refractivity contribution is 5.97. The van der Waals surface area contributed by atoms with Gasteiger partial charge in [0.2, 0.25) is 11.8 Å². The van der Waals surface area contributed by atoms with Crippen LogP contribution in [-0.2, 0) is 20.8 Å². The number of rotatable bonds is 7. The number of carbonyl (C=O) groups excluding carboxylic acids is 2. The Kier molecular flexibility index (Phi) is 6.98. The molecule has 1 atom stereocenters. The number of anilines is 1. The highest BCUT2D eigenvalue weighted by atomic mass is 16.4. The van der Waals surface area contributed by atoms with Crippen LogP contribution in [0, 0.1) is 5.92 Å². The van der Waals surface area contributed by atoms with Crippen LogP contribution in [0.2, 0.25) is 0 Å². The van der Waals surface area contributed by atoms with Gasteiger partial charge in [-0.15, -0.1) is 0 Å². The van der Waals surface area contributed by atoms with Crippen LogP contribution in [0.4, 0.5) is 5.69 Å². The molecular formula is C19H26N2O4. The van der Waals surface area contributed by atoms with E-state index in [4.69, 9.17) is 5.11 Å². The third kappa shape index (κ3) is 6.57. The molecule has 0 bridgehead atoms. The molecule has 6 heteroatoms. The normalized spacial score (nSPS) is 16.0. The first-order valence-corrected chi connectivity index (χ1v) is 8.85. The van der Waals surface area contributed by atoms with Crippen molar-refractivity contribution in [3.8, 4) is 0 Å². The summed E-state index contributed by atoms with van der Waals surface area (Å²) in [5.41, 5.74) is 1.14. The van der Waals surface area contributed by atoms with Gasteiger partial charge in [-0.1, -0.05) is 31.4 Å². The molecule has 1 saturated carbocycles. The standard InChI is InChI=1S/C19H26N2O4/c1-13(20-17(22)11-14-6-3-2-4-7-14)19(25)21-16-9-5-8-15(10-16)12-18(23)24/h5,8-10,13-14H,2-4,6-7,11-12H2,1H3,(H,20,22)(H,21,25)(H,23,24). The molecule has 0 radical (unpaired) electrons. The third-order valence-corrected chi connectivity index (χ3v) is 4.52. The van der Waals surface area contributed by atoms with Gasteiger partial charge in [0, 0.05) is 12.1 Å². The minimum atomic E-state index is -0.924. The Bertz CT molecular complexity index is 624. The van der Waals surface area contributed by atoms with Gasteiger partial charge in [0.05, 0.1) is 6.42 Å². The maximum atomic E-state index is 12.2. The van der Waals surface area contributed by atoms with Gasteiger partial charge in [-0.3, -0.25) is 14.4 Å². The van der Waals surface area contributed by atoms with E-state index in [2.05, 4.69) is 10.6 Å². The maximum Gasteiger partial charge on any atom is 0.307 e. The molecule has 3 N–H and O–H groups in total. The van der Waals surface area contributed by atoms with E-state index < -0.39 is 12.0 Å². The Morgan fingerprint density at radius 1 is 1.20 bits per heavy atom. The van der Waals surface area contributed by atoms with Gasteiger partial charge in [0.1, 0.15) is 6.04 Å². The summed E-state index contributed by atoms with van der Waals surface area (Å²) >= 11 is 0. The highest BCUT2D eigenvalue weighted by Gasteiger charge is 2.20. The lowest BCUT2D eigenvalue weighted by Crippen LogP contribution is -2.42. The third-order valence-electron chi connectivity index (χ3n) is 4.52. The van der Waals surface area contributed by atoms with Crippen molar-refractivity contribution in [2.24, 2.45) is 5.92 Å². The van der Waals surface area contributed by atoms with E-state index in [9.17, 15) is 14.4 Å². The molecule has 0 heterocycles. The average molecular weight is 346 g/mol. The molecule has 1 fully saturated rings. The van der Waals surface area contributed by atoms with Crippen molar-refractivity contribution in [1.29, 1.82) is 0 Å². The van der Waals surface area contributed by atoms with Gasteiger partial charge in [0.15, 0.2) is 0 Å². The van der Waals surface area contributed by atoms with Gasteiger partial charge in [-0.05, 0) is 43.4 Å². The van der Waals surface area contributed by atoms with Crippen molar-refractivity contribution < 1.29 is 19.5 Å². The number of aliphatic carboxylic acids is 1. The number of benzene rings is 1. The zero-order valence-electron chi connectivity index (χ0n) is 14.6. The van der Waals surface area contributed by atoms with Crippen molar-refractivity contribution in [3.05, 3.63) is 29.8 Å². The Balaban J connectivity index is 1.83. The minimum Gasteiger partial charge on any atom is -0.481 e. The predicted octanol–water partition coefficient (Wildman–Crippen LogP) is 2.73. The molecule has 0 aromatic heterocycles. The fourth-order valence-corrected chi connectivity index (χ4v) is 3.20. The molecule has 1 unspecified atom stereocenters. The van der Waals surface area contributed by atoms with Crippen LogP contribution in [0.5, 0.6) is 0 Å². The maximum absolute atomic E-state index is 12.2. The summed E-state index contributed by atoms with van der Waals surface area (Å²) in [6.07, 6.45) is 6.16.